The Balaban J connectivity index is 1.45. The second-order valence-electron chi connectivity index (χ2n) is 7.67. The molecule has 3 aromatic heterocycles. The van der Waals surface area contributed by atoms with Crippen molar-refractivity contribution in [2.75, 3.05) is 11.4 Å². The number of fused-ring (bicyclic) bond motifs is 6. The summed E-state index contributed by atoms with van der Waals surface area (Å²) in [6.07, 6.45) is 5.63. The highest BCUT2D eigenvalue weighted by molar-refractivity contribution is 8.03. The van der Waals surface area contributed by atoms with E-state index in [-0.39, 0.29) is 0 Å². The quantitative estimate of drug-likeness (QED) is 0.253. The number of anilines is 1. The van der Waals surface area contributed by atoms with Crippen LogP contribution in [-0.4, -0.2) is 24.0 Å². The highest BCUT2D eigenvalue weighted by atomic mass is 32.2. The van der Waals surface area contributed by atoms with E-state index in [1.165, 1.54) is 59.9 Å². The summed E-state index contributed by atoms with van der Waals surface area (Å²) in [4.78, 5) is 3.62. The second kappa shape index (κ2) is 8.43. The molecule has 2 aromatic carbocycles. The number of hydrogen-bond donors (Lipinski definition) is 0. The highest BCUT2D eigenvalue weighted by Gasteiger charge is 2.28. The van der Waals surface area contributed by atoms with Crippen LogP contribution in [0.4, 0.5) is 5.69 Å². The maximum Gasteiger partial charge on any atom is 0.263 e. The molecule has 0 saturated carbocycles. The summed E-state index contributed by atoms with van der Waals surface area (Å²) in [5.41, 5.74) is 7.65. The number of thioether (sulfide) groups is 1. The van der Waals surface area contributed by atoms with Crippen molar-refractivity contribution in [3.8, 4) is 0 Å². The van der Waals surface area contributed by atoms with E-state index in [1.807, 2.05) is 23.1 Å². The molecular weight excluding hydrogens is 489 g/mol. The number of thiazole rings is 1. The average molecular weight is 510 g/mol. The standard InChI is InChI=1S/C23H21N6S4/c1-4-13(11-18-28(5-2)22-16(30-18)9-7-14-20(22)26-32-24-14)12-19-29(6-3)23-17(31-19)10-8-15-21(23)27-33-25-15/h7-12H,4-6H2,1-3H3/q+1. The summed E-state index contributed by atoms with van der Waals surface area (Å²) < 4.78 is 21.7. The lowest BCUT2D eigenvalue weighted by atomic mass is 10.2. The smallest absolute Gasteiger partial charge is 0.263 e. The second-order valence-corrected chi connectivity index (χ2v) is 10.9. The first-order chi connectivity index (χ1) is 16.2. The minimum absolute atomic E-state index is 0.895. The lowest BCUT2D eigenvalue weighted by Crippen LogP contribution is -2.33. The summed E-state index contributed by atoms with van der Waals surface area (Å²) in [5.74, 6) is 0. The molecule has 166 valence electrons. The van der Waals surface area contributed by atoms with Gasteiger partial charge in [-0.3, -0.25) is 0 Å². The van der Waals surface area contributed by atoms with E-state index in [2.05, 4.69) is 84.1 Å². The Morgan fingerprint density at radius 3 is 2.48 bits per heavy atom. The Labute approximate surface area is 207 Å². The van der Waals surface area contributed by atoms with E-state index in [0.29, 0.717) is 0 Å². The fourth-order valence-corrected chi connectivity index (χ4v) is 7.77. The molecule has 0 saturated heterocycles. The largest absolute Gasteiger partial charge is 0.333 e. The zero-order valence-corrected chi connectivity index (χ0v) is 21.7. The predicted octanol–water partition coefficient (Wildman–Crippen LogP) is 6.49. The van der Waals surface area contributed by atoms with E-state index in [0.717, 1.165) is 41.6 Å². The summed E-state index contributed by atoms with van der Waals surface area (Å²) in [6.45, 7) is 8.40. The van der Waals surface area contributed by atoms with Gasteiger partial charge in [0, 0.05) is 17.5 Å². The zero-order valence-electron chi connectivity index (χ0n) is 18.4. The third kappa shape index (κ3) is 3.39. The third-order valence-electron chi connectivity index (χ3n) is 5.89. The lowest BCUT2D eigenvalue weighted by Gasteiger charge is -2.18. The molecule has 33 heavy (non-hydrogen) atoms. The van der Waals surface area contributed by atoms with Gasteiger partial charge in [-0.15, -0.1) is 0 Å². The molecule has 0 radical (unpaired) electrons. The molecular formula is C23H21N6S4+. The van der Waals surface area contributed by atoms with Crippen LogP contribution in [0.3, 0.4) is 0 Å². The molecule has 4 heterocycles. The summed E-state index contributed by atoms with van der Waals surface area (Å²) in [7, 11) is 0. The zero-order chi connectivity index (χ0) is 22.5. The van der Waals surface area contributed by atoms with Crippen molar-refractivity contribution >= 4 is 90.6 Å². The Morgan fingerprint density at radius 2 is 1.73 bits per heavy atom. The number of rotatable bonds is 5. The molecule has 1 aliphatic heterocycles. The van der Waals surface area contributed by atoms with Crippen molar-refractivity contribution in [3.05, 3.63) is 46.0 Å². The Morgan fingerprint density at radius 1 is 0.970 bits per heavy atom. The monoisotopic (exact) mass is 509 g/mol. The molecule has 0 amide bonds. The van der Waals surface area contributed by atoms with Crippen molar-refractivity contribution < 1.29 is 4.57 Å². The average Bonchev–Trinajstić information content (AvgIpc) is 3.60. The molecule has 6 nitrogen and oxygen atoms in total. The number of aromatic nitrogens is 5. The van der Waals surface area contributed by atoms with Gasteiger partial charge in [-0.05, 0) is 56.2 Å². The van der Waals surface area contributed by atoms with Gasteiger partial charge >= 0.3 is 0 Å². The molecule has 0 spiro atoms. The number of benzene rings is 2. The molecule has 10 heteroatoms. The molecule has 0 N–H and O–H groups in total. The summed E-state index contributed by atoms with van der Waals surface area (Å²) in [6, 6.07) is 8.50. The van der Waals surface area contributed by atoms with Gasteiger partial charge in [0.15, 0.2) is 5.52 Å². The normalized spacial score (nSPS) is 15.5. The van der Waals surface area contributed by atoms with E-state index < -0.39 is 0 Å². The van der Waals surface area contributed by atoms with Crippen molar-refractivity contribution in [1.29, 1.82) is 0 Å². The van der Waals surface area contributed by atoms with Gasteiger partial charge < -0.3 is 4.90 Å². The van der Waals surface area contributed by atoms with E-state index in [9.17, 15) is 0 Å². The van der Waals surface area contributed by atoms with Gasteiger partial charge in [0.2, 0.25) is 0 Å². The number of aryl methyl sites for hydroxylation is 1. The van der Waals surface area contributed by atoms with Crippen LogP contribution in [0, 0.1) is 0 Å². The fraction of sp³-hybridized carbons (Fsp3) is 0.261. The van der Waals surface area contributed by atoms with Crippen molar-refractivity contribution in [2.24, 2.45) is 0 Å². The van der Waals surface area contributed by atoms with Crippen LogP contribution in [0.25, 0.3) is 38.4 Å². The third-order valence-corrected chi connectivity index (χ3v) is 9.17. The van der Waals surface area contributed by atoms with E-state index in [4.69, 9.17) is 0 Å². The number of allylic oxidation sites excluding steroid dienone is 2. The first-order valence-corrected chi connectivity index (χ1v) is 14.0. The molecule has 0 bridgehead atoms. The number of hydrogen-bond acceptors (Lipinski definition) is 9. The first-order valence-electron chi connectivity index (χ1n) is 10.9. The van der Waals surface area contributed by atoms with E-state index in [1.54, 1.807) is 0 Å². The summed E-state index contributed by atoms with van der Waals surface area (Å²) >= 11 is 6.21. The van der Waals surface area contributed by atoms with Crippen LogP contribution in [0.1, 0.15) is 32.2 Å². The maximum atomic E-state index is 4.58. The van der Waals surface area contributed by atoms with Crippen molar-refractivity contribution in [3.63, 3.8) is 0 Å². The Bertz CT molecular complexity index is 1570. The highest BCUT2D eigenvalue weighted by Crippen LogP contribution is 2.49. The molecule has 1 aliphatic rings. The van der Waals surface area contributed by atoms with Crippen LogP contribution in [-0.2, 0) is 6.54 Å². The summed E-state index contributed by atoms with van der Waals surface area (Å²) in [5, 5.41) is 2.49. The minimum atomic E-state index is 0.895. The van der Waals surface area contributed by atoms with Crippen LogP contribution in [0.2, 0.25) is 0 Å². The SMILES string of the molecule is CCC(=Cc1sc2ccc3nsnc3c2[n+]1CC)C=C1Sc2ccc3nsnc3c2N1CC. The van der Waals surface area contributed by atoms with Gasteiger partial charge in [0.1, 0.15) is 27.8 Å². The maximum absolute atomic E-state index is 4.58. The molecule has 0 atom stereocenters. The fourth-order valence-electron chi connectivity index (χ4n) is 4.29. The Hall–Kier alpha value is -2.40. The first kappa shape index (κ1) is 21.2. The van der Waals surface area contributed by atoms with Crippen LogP contribution >= 0.6 is 46.6 Å². The van der Waals surface area contributed by atoms with Gasteiger partial charge in [-0.2, -0.15) is 22.1 Å². The number of nitrogens with zero attached hydrogens (tertiary/aromatic N) is 6. The van der Waals surface area contributed by atoms with Crippen LogP contribution in [0.5, 0.6) is 0 Å². The Kier molecular flexibility index (Phi) is 5.40. The minimum Gasteiger partial charge on any atom is -0.333 e. The molecule has 0 aliphatic carbocycles. The van der Waals surface area contributed by atoms with E-state index >= 15 is 0 Å². The lowest BCUT2D eigenvalue weighted by molar-refractivity contribution is -0.664. The van der Waals surface area contributed by atoms with Gasteiger partial charge in [-0.25, -0.2) is 0 Å². The van der Waals surface area contributed by atoms with Gasteiger partial charge in [0.05, 0.1) is 34.2 Å². The molecule has 0 fully saturated rings. The predicted molar refractivity (Wildman–Crippen MR) is 141 cm³/mol. The van der Waals surface area contributed by atoms with Crippen molar-refractivity contribution in [2.45, 2.75) is 38.6 Å². The molecule has 5 aromatic rings. The van der Waals surface area contributed by atoms with Crippen molar-refractivity contribution in [1.82, 2.24) is 17.5 Å². The van der Waals surface area contributed by atoms with Gasteiger partial charge in [0.25, 0.3) is 10.5 Å². The van der Waals surface area contributed by atoms with Gasteiger partial charge in [-0.1, -0.05) is 30.0 Å². The molecule has 0 unspecified atom stereocenters. The van der Waals surface area contributed by atoms with Crippen LogP contribution in [0.15, 0.2) is 45.8 Å². The van der Waals surface area contributed by atoms with Crippen LogP contribution < -0.4 is 9.47 Å². The molecule has 6 rings (SSSR count). The topological polar surface area (TPSA) is 58.7 Å².